The van der Waals surface area contributed by atoms with Crippen molar-refractivity contribution in [3.05, 3.63) is 53.9 Å². The molecule has 0 fully saturated rings. The van der Waals surface area contributed by atoms with Crippen LogP contribution >= 0.6 is 0 Å². The van der Waals surface area contributed by atoms with Gasteiger partial charge in [-0.25, -0.2) is 0 Å². The summed E-state index contributed by atoms with van der Waals surface area (Å²) >= 11 is 0. The maximum absolute atomic E-state index is 8.90. The molecule has 2 heteroatoms. The number of nitriles is 1. The monoisotopic (exact) mass is 236 g/mol. The van der Waals surface area contributed by atoms with E-state index in [0.717, 1.165) is 11.1 Å². The maximum atomic E-state index is 8.90. The summed E-state index contributed by atoms with van der Waals surface area (Å²) in [5.41, 5.74) is 4.08. The van der Waals surface area contributed by atoms with Crippen molar-refractivity contribution in [2.75, 3.05) is 0 Å². The fourth-order valence-corrected chi connectivity index (χ4v) is 1.82. The van der Waals surface area contributed by atoms with Gasteiger partial charge < -0.3 is 0 Å². The van der Waals surface area contributed by atoms with Gasteiger partial charge in [0, 0.05) is 18.0 Å². The molecule has 0 aliphatic rings. The number of rotatable bonds is 1. The minimum absolute atomic E-state index is 0.121. The first-order valence-corrected chi connectivity index (χ1v) is 5.97. The summed E-state index contributed by atoms with van der Waals surface area (Å²) in [6.45, 7) is 6.57. The van der Waals surface area contributed by atoms with E-state index in [1.54, 1.807) is 12.4 Å². The Morgan fingerprint density at radius 3 is 2.50 bits per heavy atom. The standard InChI is InChI=1S/C16H16N2/c1-16(2,3)15-6-4-5-13(8-15)14-7-12(9-17)10-18-11-14/h4-8,10-11H,1-3H3. The number of hydrogen-bond donors (Lipinski definition) is 0. The number of nitrogens with zero attached hydrogens (tertiary/aromatic N) is 2. The van der Waals surface area contributed by atoms with Crippen LogP contribution in [0.2, 0.25) is 0 Å². The molecule has 0 radical (unpaired) electrons. The quantitative estimate of drug-likeness (QED) is 0.752. The summed E-state index contributed by atoms with van der Waals surface area (Å²) in [7, 11) is 0. The lowest BCUT2D eigenvalue weighted by atomic mass is 9.85. The summed E-state index contributed by atoms with van der Waals surface area (Å²) < 4.78 is 0. The summed E-state index contributed by atoms with van der Waals surface area (Å²) in [4.78, 5) is 4.10. The van der Waals surface area contributed by atoms with E-state index in [1.807, 2.05) is 12.1 Å². The second-order valence-corrected chi connectivity index (χ2v) is 5.40. The van der Waals surface area contributed by atoms with Crippen LogP contribution in [-0.4, -0.2) is 4.98 Å². The molecule has 0 saturated heterocycles. The molecule has 1 heterocycles. The molecule has 1 aromatic carbocycles. The first kappa shape index (κ1) is 12.3. The second kappa shape index (κ2) is 4.62. The Morgan fingerprint density at radius 1 is 1.06 bits per heavy atom. The van der Waals surface area contributed by atoms with E-state index in [1.165, 1.54) is 5.56 Å². The predicted molar refractivity (Wildman–Crippen MR) is 73.1 cm³/mol. The molecule has 0 saturated carbocycles. The van der Waals surface area contributed by atoms with Crippen LogP contribution in [0.1, 0.15) is 31.9 Å². The smallest absolute Gasteiger partial charge is 0.101 e. The van der Waals surface area contributed by atoms with E-state index >= 15 is 0 Å². The molecule has 0 aliphatic heterocycles. The molecule has 0 N–H and O–H groups in total. The molecular weight excluding hydrogens is 220 g/mol. The third-order valence-corrected chi connectivity index (χ3v) is 2.93. The molecule has 90 valence electrons. The van der Waals surface area contributed by atoms with Crippen molar-refractivity contribution in [2.45, 2.75) is 26.2 Å². The van der Waals surface area contributed by atoms with Crippen LogP contribution in [-0.2, 0) is 5.41 Å². The molecule has 0 spiro atoms. The Bertz CT molecular complexity index is 601. The minimum atomic E-state index is 0.121. The van der Waals surface area contributed by atoms with Crippen LogP contribution < -0.4 is 0 Å². The molecule has 0 aliphatic carbocycles. The normalized spacial score (nSPS) is 11.0. The number of benzene rings is 1. The SMILES string of the molecule is CC(C)(C)c1cccc(-c2cncc(C#N)c2)c1. The van der Waals surface area contributed by atoms with Gasteiger partial charge in [-0.2, -0.15) is 5.26 Å². The van der Waals surface area contributed by atoms with Crippen LogP contribution in [0.3, 0.4) is 0 Å². The largest absolute Gasteiger partial charge is 0.263 e. The fraction of sp³-hybridized carbons (Fsp3) is 0.250. The Hall–Kier alpha value is -2.14. The van der Waals surface area contributed by atoms with Crippen LogP contribution in [0.4, 0.5) is 0 Å². The third-order valence-electron chi connectivity index (χ3n) is 2.93. The van der Waals surface area contributed by atoms with Gasteiger partial charge in [0.2, 0.25) is 0 Å². The average Bonchev–Trinajstić information content (AvgIpc) is 2.38. The summed E-state index contributed by atoms with van der Waals surface area (Å²) in [6.07, 6.45) is 3.37. The van der Waals surface area contributed by atoms with E-state index in [2.05, 4.69) is 50.0 Å². The Labute approximate surface area is 108 Å². The second-order valence-electron chi connectivity index (χ2n) is 5.40. The summed E-state index contributed by atoms with van der Waals surface area (Å²) in [6, 6.07) is 12.4. The van der Waals surface area contributed by atoms with E-state index < -0.39 is 0 Å². The van der Waals surface area contributed by atoms with Gasteiger partial charge in [-0.05, 0) is 22.6 Å². The Kier molecular flexibility index (Phi) is 3.16. The van der Waals surface area contributed by atoms with Gasteiger partial charge in [-0.1, -0.05) is 45.0 Å². The van der Waals surface area contributed by atoms with Gasteiger partial charge in [0.25, 0.3) is 0 Å². The molecule has 0 bridgehead atoms. The molecule has 2 nitrogen and oxygen atoms in total. The molecule has 0 unspecified atom stereocenters. The van der Waals surface area contributed by atoms with Crippen molar-refractivity contribution < 1.29 is 0 Å². The zero-order valence-electron chi connectivity index (χ0n) is 10.9. The van der Waals surface area contributed by atoms with Gasteiger partial charge in [-0.15, -0.1) is 0 Å². The van der Waals surface area contributed by atoms with Crippen molar-refractivity contribution >= 4 is 0 Å². The van der Waals surface area contributed by atoms with Crippen LogP contribution in [0.15, 0.2) is 42.7 Å². The average molecular weight is 236 g/mol. The first-order chi connectivity index (χ1) is 8.50. The lowest BCUT2D eigenvalue weighted by Crippen LogP contribution is -2.10. The van der Waals surface area contributed by atoms with Gasteiger partial charge in [0.05, 0.1) is 5.56 Å². The Balaban J connectivity index is 2.48. The number of hydrogen-bond acceptors (Lipinski definition) is 2. The predicted octanol–water partition coefficient (Wildman–Crippen LogP) is 3.92. The van der Waals surface area contributed by atoms with Crippen molar-refractivity contribution in [2.24, 2.45) is 0 Å². The summed E-state index contributed by atoms with van der Waals surface area (Å²) in [5, 5.41) is 8.90. The lowest BCUT2D eigenvalue weighted by molar-refractivity contribution is 0.590. The third kappa shape index (κ3) is 2.57. The van der Waals surface area contributed by atoms with Crippen LogP contribution in [0.5, 0.6) is 0 Å². The fourth-order valence-electron chi connectivity index (χ4n) is 1.82. The maximum Gasteiger partial charge on any atom is 0.101 e. The van der Waals surface area contributed by atoms with Gasteiger partial charge in [-0.3, -0.25) is 4.98 Å². The zero-order chi connectivity index (χ0) is 13.2. The van der Waals surface area contributed by atoms with E-state index in [0.29, 0.717) is 5.56 Å². The molecule has 18 heavy (non-hydrogen) atoms. The van der Waals surface area contributed by atoms with Crippen LogP contribution in [0, 0.1) is 11.3 Å². The highest BCUT2D eigenvalue weighted by atomic mass is 14.6. The van der Waals surface area contributed by atoms with E-state index in [-0.39, 0.29) is 5.41 Å². The highest BCUT2D eigenvalue weighted by Crippen LogP contribution is 2.27. The van der Waals surface area contributed by atoms with Crippen molar-refractivity contribution in [1.29, 1.82) is 5.26 Å². The van der Waals surface area contributed by atoms with Crippen molar-refractivity contribution in [3.8, 4) is 17.2 Å². The number of pyridine rings is 1. The molecule has 1 aromatic heterocycles. The van der Waals surface area contributed by atoms with E-state index in [9.17, 15) is 0 Å². The molecule has 0 amide bonds. The van der Waals surface area contributed by atoms with Crippen molar-refractivity contribution in [3.63, 3.8) is 0 Å². The van der Waals surface area contributed by atoms with Gasteiger partial charge in [0.1, 0.15) is 6.07 Å². The molecule has 2 aromatic rings. The Morgan fingerprint density at radius 2 is 1.83 bits per heavy atom. The first-order valence-electron chi connectivity index (χ1n) is 5.97. The molecule has 0 atom stereocenters. The van der Waals surface area contributed by atoms with Gasteiger partial charge in [0.15, 0.2) is 0 Å². The topological polar surface area (TPSA) is 36.7 Å². The zero-order valence-corrected chi connectivity index (χ0v) is 10.9. The molecule has 2 rings (SSSR count). The minimum Gasteiger partial charge on any atom is -0.263 e. The van der Waals surface area contributed by atoms with Gasteiger partial charge >= 0.3 is 0 Å². The van der Waals surface area contributed by atoms with Crippen molar-refractivity contribution in [1.82, 2.24) is 4.98 Å². The van der Waals surface area contributed by atoms with Crippen LogP contribution in [0.25, 0.3) is 11.1 Å². The highest BCUT2D eigenvalue weighted by molar-refractivity contribution is 5.65. The number of aromatic nitrogens is 1. The summed E-state index contributed by atoms with van der Waals surface area (Å²) in [5.74, 6) is 0. The highest BCUT2D eigenvalue weighted by Gasteiger charge is 2.14. The molecular formula is C16H16N2. The lowest BCUT2D eigenvalue weighted by Gasteiger charge is -2.19. The van der Waals surface area contributed by atoms with E-state index in [4.69, 9.17) is 5.26 Å².